The second-order valence-corrected chi connectivity index (χ2v) is 11.6. The van der Waals surface area contributed by atoms with Gasteiger partial charge in [-0.2, -0.15) is 0 Å². The lowest BCUT2D eigenvalue weighted by molar-refractivity contribution is 0.209. The van der Waals surface area contributed by atoms with Gasteiger partial charge >= 0.3 is 0 Å². The van der Waals surface area contributed by atoms with Crippen molar-refractivity contribution in [2.45, 2.75) is 38.5 Å². The minimum Gasteiger partial charge on any atom is -0.476 e. The van der Waals surface area contributed by atoms with Gasteiger partial charge in [0.25, 0.3) is 0 Å². The molecule has 7 rings (SSSR count). The first kappa shape index (κ1) is 25.3. The Balaban J connectivity index is 1.28. The van der Waals surface area contributed by atoms with Crippen LogP contribution >= 0.6 is 0 Å². The smallest absolute Gasteiger partial charge is 0.232 e. The summed E-state index contributed by atoms with van der Waals surface area (Å²) in [5.74, 6) is 1.19. The Morgan fingerprint density at radius 3 is 1.90 bits per heavy atom. The van der Waals surface area contributed by atoms with Crippen LogP contribution in [-0.4, -0.2) is 55.8 Å². The monoisotopic (exact) mass is 533 g/mol. The van der Waals surface area contributed by atoms with E-state index in [1.54, 1.807) is 6.20 Å². The third kappa shape index (κ3) is 5.37. The summed E-state index contributed by atoms with van der Waals surface area (Å²) in [5, 5.41) is 3.43. The zero-order valence-corrected chi connectivity index (χ0v) is 23.3. The van der Waals surface area contributed by atoms with Crippen molar-refractivity contribution in [1.29, 1.82) is 0 Å². The highest BCUT2D eigenvalue weighted by molar-refractivity contribution is 5.94. The van der Waals surface area contributed by atoms with Crippen molar-refractivity contribution >= 4 is 22.4 Å². The van der Waals surface area contributed by atoms with E-state index in [-0.39, 0.29) is 0 Å². The molecule has 4 heterocycles. The summed E-state index contributed by atoms with van der Waals surface area (Å²) in [6, 6.07) is 22.5. The average Bonchev–Trinajstić information content (AvgIpc) is 3.76. The molecular formula is C34H39N5O. The first-order valence-corrected chi connectivity index (χ1v) is 15.2. The molecule has 0 saturated carbocycles. The number of aromatic nitrogens is 2. The van der Waals surface area contributed by atoms with Crippen LogP contribution in [0.4, 0.5) is 11.4 Å². The van der Waals surface area contributed by atoms with Gasteiger partial charge in [-0.3, -0.25) is 0 Å². The number of hydrogen-bond acceptors (Lipinski definition) is 6. The molecule has 6 heteroatoms. The van der Waals surface area contributed by atoms with Crippen LogP contribution in [0.25, 0.3) is 33.3 Å². The fourth-order valence-electron chi connectivity index (χ4n) is 6.53. The predicted octanol–water partition coefficient (Wildman–Crippen LogP) is 6.54. The van der Waals surface area contributed by atoms with Gasteiger partial charge in [-0.15, -0.1) is 0 Å². The minimum atomic E-state index is 0.577. The summed E-state index contributed by atoms with van der Waals surface area (Å²) >= 11 is 0. The van der Waals surface area contributed by atoms with E-state index in [1.165, 1.54) is 59.3 Å². The van der Waals surface area contributed by atoms with E-state index in [2.05, 4.69) is 75.8 Å². The van der Waals surface area contributed by atoms with E-state index in [9.17, 15) is 0 Å². The number of piperidine rings is 1. The molecule has 0 radical (unpaired) electrons. The van der Waals surface area contributed by atoms with E-state index in [0.29, 0.717) is 18.4 Å². The van der Waals surface area contributed by atoms with Gasteiger partial charge < -0.3 is 19.9 Å². The van der Waals surface area contributed by atoms with Crippen molar-refractivity contribution in [2.75, 3.05) is 55.7 Å². The quantitative estimate of drug-likeness (QED) is 0.291. The maximum Gasteiger partial charge on any atom is 0.232 e. The van der Waals surface area contributed by atoms with E-state index in [4.69, 9.17) is 14.7 Å². The lowest BCUT2D eigenvalue weighted by Gasteiger charge is -2.22. The number of benzene rings is 3. The number of ether oxygens (including phenoxy) is 1. The van der Waals surface area contributed by atoms with Crippen LogP contribution in [0.1, 0.15) is 38.5 Å². The minimum absolute atomic E-state index is 0.577. The molecule has 0 bridgehead atoms. The zero-order chi connectivity index (χ0) is 26.7. The molecule has 3 aliphatic rings. The molecule has 1 aromatic heterocycles. The highest BCUT2D eigenvalue weighted by Gasteiger charge is 2.19. The molecule has 4 aromatic rings. The number of rotatable bonds is 7. The molecular weight excluding hydrogens is 494 g/mol. The summed E-state index contributed by atoms with van der Waals surface area (Å²) < 4.78 is 6.16. The second kappa shape index (κ2) is 11.5. The van der Waals surface area contributed by atoms with Gasteiger partial charge in [-0.1, -0.05) is 24.3 Å². The Morgan fingerprint density at radius 1 is 0.725 bits per heavy atom. The van der Waals surface area contributed by atoms with E-state index < -0.39 is 0 Å². The number of hydrogen-bond donors (Lipinski definition) is 1. The molecule has 0 amide bonds. The Hall–Kier alpha value is -3.64. The van der Waals surface area contributed by atoms with Gasteiger partial charge in [0.2, 0.25) is 5.88 Å². The molecule has 0 aliphatic carbocycles. The maximum atomic E-state index is 6.16. The Bertz CT molecular complexity index is 1470. The summed E-state index contributed by atoms with van der Waals surface area (Å²) in [7, 11) is 0. The molecule has 3 saturated heterocycles. The van der Waals surface area contributed by atoms with Gasteiger partial charge in [0, 0.05) is 37.6 Å². The van der Waals surface area contributed by atoms with Gasteiger partial charge in [-0.05, 0) is 116 Å². The predicted molar refractivity (Wildman–Crippen MR) is 164 cm³/mol. The molecule has 206 valence electrons. The topological polar surface area (TPSA) is 53.5 Å². The van der Waals surface area contributed by atoms with E-state index >= 15 is 0 Å². The SMILES string of the molecule is c1cc(-c2cc3ncc(OCC4CCNCC4)nc3cc2-c2cccc(N3CCCC3)c2)cc(N2CCCC2)c1. The molecule has 1 N–H and O–H groups in total. The van der Waals surface area contributed by atoms with E-state index in [0.717, 1.165) is 63.1 Å². The molecule has 0 spiro atoms. The fraction of sp³-hybridized carbons (Fsp3) is 0.412. The molecule has 6 nitrogen and oxygen atoms in total. The number of nitrogens with zero attached hydrogens (tertiary/aromatic N) is 4. The lowest BCUT2D eigenvalue weighted by atomic mass is 9.93. The standard InChI is InChI=1S/C34H39N5O/c1-2-16-38(15-1)28-9-5-7-26(19-28)30-21-32-33(37-34(23-36-32)40-24-25-11-13-35-14-12-25)22-31(30)27-8-6-10-29(20-27)39-17-3-4-18-39/h5-10,19-23,25,35H,1-4,11-18,24H2. The molecule has 40 heavy (non-hydrogen) atoms. The van der Waals surface area contributed by atoms with Crippen LogP contribution in [0.3, 0.4) is 0 Å². The fourth-order valence-corrected chi connectivity index (χ4v) is 6.53. The lowest BCUT2D eigenvalue weighted by Crippen LogP contribution is -2.30. The summed E-state index contributed by atoms with van der Waals surface area (Å²) in [6.07, 6.45) is 9.17. The van der Waals surface area contributed by atoms with Crippen molar-refractivity contribution in [3.8, 4) is 28.1 Å². The van der Waals surface area contributed by atoms with Gasteiger partial charge in [0.15, 0.2) is 0 Å². The average molecular weight is 534 g/mol. The molecule has 3 aliphatic heterocycles. The van der Waals surface area contributed by atoms with Crippen LogP contribution in [0.5, 0.6) is 5.88 Å². The Kier molecular flexibility index (Phi) is 7.26. The maximum absolute atomic E-state index is 6.16. The van der Waals surface area contributed by atoms with Crippen LogP contribution < -0.4 is 19.9 Å². The molecule has 3 aromatic carbocycles. The van der Waals surface area contributed by atoms with Crippen molar-refractivity contribution in [3.63, 3.8) is 0 Å². The number of nitrogens with one attached hydrogen (secondary N) is 1. The third-order valence-electron chi connectivity index (χ3n) is 8.84. The third-order valence-corrected chi connectivity index (χ3v) is 8.84. The van der Waals surface area contributed by atoms with Gasteiger partial charge in [0.05, 0.1) is 23.8 Å². The van der Waals surface area contributed by atoms with Crippen molar-refractivity contribution in [3.05, 3.63) is 66.9 Å². The van der Waals surface area contributed by atoms with Crippen LogP contribution in [0.2, 0.25) is 0 Å². The van der Waals surface area contributed by atoms with Crippen molar-refractivity contribution < 1.29 is 4.74 Å². The molecule has 0 unspecified atom stereocenters. The van der Waals surface area contributed by atoms with Crippen LogP contribution in [0, 0.1) is 5.92 Å². The summed E-state index contributed by atoms with van der Waals surface area (Å²) in [6.45, 7) is 7.38. The summed E-state index contributed by atoms with van der Waals surface area (Å²) in [5.41, 5.74) is 9.22. The normalized spacial score (nSPS) is 18.1. The Morgan fingerprint density at radius 2 is 1.30 bits per heavy atom. The zero-order valence-electron chi connectivity index (χ0n) is 23.3. The van der Waals surface area contributed by atoms with Crippen LogP contribution in [-0.2, 0) is 0 Å². The first-order chi connectivity index (χ1) is 19.8. The first-order valence-electron chi connectivity index (χ1n) is 15.2. The van der Waals surface area contributed by atoms with Crippen molar-refractivity contribution in [1.82, 2.24) is 15.3 Å². The van der Waals surface area contributed by atoms with E-state index in [1.807, 2.05) is 0 Å². The molecule has 0 atom stereocenters. The molecule has 3 fully saturated rings. The second-order valence-electron chi connectivity index (χ2n) is 11.6. The largest absolute Gasteiger partial charge is 0.476 e. The van der Waals surface area contributed by atoms with Crippen molar-refractivity contribution in [2.24, 2.45) is 5.92 Å². The highest BCUT2D eigenvalue weighted by atomic mass is 16.5. The van der Waals surface area contributed by atoms with Gasteiger partial charge in [0.1, 0.15) is 0 Å². The van der Waals surface area contributed by atoms with Crippen LogP contribution in [0.15, 0.2) is 66.9 Å². The summed E-state index contributed by atoms with van der Waals surface area (Å²) in [4.78, 5) is 14.8. The number of anilines is 2. The highest BCUT2D eigenvalue weighted by Crippen LogP contribution is 2.38. The number of fused-ring (bicyclic) bond motifs is 1. The van der Waals surface area contributed by atoms with Gasteiger partial charge in [-0.25, -0.2) is 9.97 Å². The Labute approximate surface area is 237 Å².